The van der Waals surface area contributed by atoms with Crippen molar-refractivity contribution in [3.05, 3.63) is 28.8 Å². The van der Waals surface area contributed by atoms with Crippen LogP contribution in [0.3, 0.4) is 0 Å². The number of benzene rings is 1. The van der Waals surface area contributed by atoms with Gasteiger partial charge in [-0.2, -0.15) is 0 Å². The largest absolute Gasteiger partial charge is 0.494 e. The summed E-state index contributed by atoms with van der Waals surface area (Å²) in [6, 6.07) is 5.48. The minimum absolute atomic E-state index is 0.373. The van der Waals surface area contributed by atoms with Crippen LogP contribution >= 0.6 is 11.6 Å². The molecule has 5 heteroatoms. The fraction of sp³-hybridized carbons (Fsp3) is 0.571. The average Bonchev–Trinajstić information content (AvgIpc) is 2.48. The molecule has 0 aliphatic carbocycles. The molecule has 1 aliphatic rings. The van der Waals surface area contributed by atoms with Gasteiger partial charge in [0.05, 0.1) is 17.3 Å². The molecule has 0 amide bonds. The Hall–Kier alpha value is -0.545. The quantitative estimate of drug-likeness (QED) is 0.848. The van der Waals surface area contributed by atoms with Crippen molar-refractivity contribution < 1.29 is 14.4 Å². The number of halogens is 1. The first-order chi connectivity index (χ1) is 8.64. The highest BCUT2D eigenvalue weighted by atomic mass is 35.5. The fourth-order valence-electron chi connectivity index (χ4n) is 2.01. The van der Waals surface area contributed by atoms with Crippen molar-refractivity contribution in [2.24, 2.45) is 0 Å². The van der Waals surface area contributed by atoms with Crippen LogP contribution in [0.4, 0.5) is 0 Å². The Morgan fingerprint density at radius 1 is 1.16 bits per heavy atom. The van der Waals surface area contributed by atoms with Crippen molar-refractivity contribution in [1.82, 2.24) is 0 Å². The lowest BCUT2D eigenvalue weighted by atomic mass is 9.78. The number of hydrogen-bond acceptors (Lipinski definition) is 3. The molecule has 0 aromatic heterocycles. The van der Waals surface area contributed by atoms with Crippen molar-refractivity contribution >= 4 is 24.2 Å². The van der Waals surface area contributed by atoms with Gasteiger partial charge >= 0.3 is 7.12 Å². The standard InChI is InChI=1S/C14H20BClO3/c1-9(17)11-8-10(6-7-12(11)16)15-18-13(2,3)14(4,5)19-15/h6-9,17H,1-5H3. The molecule has 1 N–H and O–H groups in total. The molecular formula is C14H20BClO3. The van der Waals surface area contributed by atoms with Crippen molar-refractivity contribution in [2.75, 3.05) is 0 Å². The SMILES string of the molecule is CC(O)c1cc(B2OC(C)(C)C(C)(C)O2)ccc1Cl. The molecule has 1 aromatic rings. The van der Waals surface area contributed by atoms with E-state index in [-0.39, 0.29) is 11.2 Å². The van der Waals surface area contributed by atoms with Crippen LogP contribution < -0.4 is 5.46 Å². The lowest BCUT2D eigenvalue weighted by Crippen LogP contribution is -2.41. The summed E-state index contributed by atoms with van der Waals surface area (Å²) < 4.78 is 12.0. The second kappa shape index (κ2) is 4.78. The van der Waals surface area contributed by atoms with Crippen LogP contribution in [0.15, 0.2) is 18.2 Å². The Morgan fingerprint density at radius 2 is 1.68 bits per heavy atom. The van der Waals surface area contributed by atoms with Gasteiger partial charge in [0, 0.05) is 5.02 Å². The summed E-state index contributed by atoms with van der Waals surface area (Å²) in [5, 5.41) is 10.3. The second-order valence-electron chi connectivity index (χ2n) is 6.05. The van der Waals surface area contributed by atoms with E-state index in [9.17, 15) is 5.11 Å². The Morgan fingerprint density at radius 3 is 2.16 bits per heavy atom. The molecule has 1 fully saturated rings. The summed E-state index contributed by atoms with van der Waals surface area (Å²) in [5.74, 6) is 0. The van der Waals surface area contributed by atoms with E-state index in [2.05, 4.69) is 0 Å². The zero-order chi connectivity index (χ0) is 14.4. The molecule has 1 aliphatic heterocycles. The van der Waals surface area contributed by atoms with Gasteiger partial charge in [0.1, 0.15) is 0 Å². The number of rotatable bonds is 2. The van der Waals surface area contributed by atoms with E-state index in [1.54, 1.807) is 13.0 Å². The van der Waals surface area contributed by atoms with Crippen molar-refractivity contribution in [1.29, 1.82) is 0 Å². The predicted octanol–water partition coefficient (Wildman–Crippen LogP) is 2.69. The Kier molecular flexibility index (Phi) is 3.73. The van der Waals surface area contributed by atoms with Crippen molar-refractivity contribution in [3.8, 4) is 0 Å². The van der Waals surface area contributed by atoms with E-state index in [0.717, 1.165) is 5.46 Å². The second-order valence-corrected chi connectivity index (χ2v) is 6.45. The molecule has 0 bridgehead atoms. The smallest absolute Gasteiger partial charge is 0.399 e. The topological polar surface area (TPSA) is 38.7 Å². The third kappa shape index (κ3) is 2.68. The van der Waals surface area contributed by atoms with Gasteiger partial charge in [0.25, 0.3) is 0 Å². The van der Waals surface area contributed by atoms with E-state index >= 15 is 0 Å². The first-order valence-electron chi connectivity index (χ1n) is 6.47. The van der Waals surface area contributed by atoms with Crippen LogP contribution in [0.2, 0.25) is 5.02 Å². The normalized spacial score (nSPS) is 22.6. The molecule has 0 radical (unpaired) electrons. The van der Waals surface area contributed by atoms with E-state index in [4.69, 9.17) is 20.9 Å². The van der Waals surface area contributed by atoms with E-state index in [1.807, 2.05) is 39.8 Å². The van der Waals surface area contributed by atoms with Gasteiger partial charge in [-0.05, 0) is 51.7 Å². The summed E-state index contributed by atoms with van der Waals surface area (Å²) in [5.41, 5.74) is 0.817. The van der Waals surface area contributed by atoms with Gasteiger partial charge in [-0.15, -0.1) is 0 Å². The molecule has 19 heavy (non-hydrogen) atoms. The minimum atomic E-state index is -0.616. The molecule has 1 saturated heterocycles. The van der Waals surface area contributed by atoms with Gasteiger partial charge in [-0.25, -0.2) is 0 Å². The third-order valence-electron chi connectivity index (χ3n) is 4.00. The van der Waals surface area contributed by atoms with Crippen molar-refractivity contribution in [2.45, 2.75) is 51.9 Å². The molecule has 3 nitrogen and oxygen atoms in total. The van der Waals surface area contributed by atoms with Gasteiger partial charge in [-0.3, -0.25) is 0 Å². The van der Waals surface area contributed by atoms with Crippen LogP contribution in [0.1, 0.15) is 46.3 Å². The summed E-state index contributed by atoms with van der Waals surface area (Å²) in [6.45, 7) is 9.74. The summed E-state index contributed by atoms with van der Waals surface area (Å²) in [7, 11) is -0.431. The molecule has 0 spiro atoms. The van der Waals surface area contributed by atoms with Crippen molar-refractivity contribution in [3.63, 3.8) is 0 Å². The fourth-order valence-corrected chi connectivity index (χ4v) is 2.28. The maximum Gasteiger partial charge on any atom is 0.494 e. The first kappa shape index (κ1) is 14.9. The Bertz CT molecular complexity index is 470. The van der Waals surface area contributed by atoms with Gasteiger partial charge < -0.3 is 14.4 Å². The number of hydrogen-bond donors (Lipinski definition) is 1. The number of aliphatic hydroxyl groups is 1. The van der Waals surface area contributed by atoms with Gasteiger partial charge in [-0.1, -0.05) is 23.7 Å². The monoisotopic (exact) mass is 282 g/mol. The predicted molar refractivity (Wildman–Crippen MR) is 77.8 cm³/mol. The highest BCUT2D eigenvalue weighted by Crippen LogP contribution is 2.36. The van der Waals surface area contributed by atoms with Gasteiger partial charge in [0.15, 0.2) is 0 Å². The van der Waals surface area contributed by atoms with Crippen LogP contribution in [-0.2, 0) is 9.31 Å². The molecule has 1 heterocycles. The van der Waals surface area contributed by atoms with Gasteiger partial charge in [0.2, 0.25) is 0 Å². The Balaban J connectivity index is 2.32. The summed E-state index contributed by atoms with van der Waals surface area (Å²) in [6.07, 6.45) is -0.616. The number of aliphatic hydroxyl groups excluding tert-OH is 1. The maximum absolute atomic E-state index is 9.71. The first-order valence-corrected chi connectivity index (χ1v) is 6.85. The van der Waals surface area contributed by atoms with Crippen LogP contribution in [-0.4, -0.2) is 23.4 Å². The average molecular weight is 283 g/mol. The van der Waals surface area contributed by atoms with Crippen LogP contribution in [0, 0.1) is 0 Å². The lowest BCUT2D eigenvalue weighted by Gasteiger charge is -2.32. The molecule has 104 valence electrons. The molecule has 1 unspecified atom stereocenters. The highest BCUT2D eigenvalue weighted by molar-refractivity contribution is 6.62. The maximum atomic E-state index is 9.71. The van der Waals surface area contributed by atoms with E-state index in [0.29, 0.717) is 10.6 Å². The zero-order valence-electron chi connectivity index (χ0n) is 12.0. The molecule has 2 rings (SSSR count). The summed E-state index contributed by atoms with van der Waals surface area (Å²) in [4.78, 5) is 0. The molecular weight excluding hydrogens is 262 g/mol. The van der Waals surface area contributed by atoms with E-state index in [1.165, 1.54) is 0 Å². The minimum Gasteiger partial charge on any atom is -0.399 e. The van der Waals surface area contributed by atoms with Crippen LogP contribution in [0.5, 0.6) is 0 Å². The Labute approximate surface area is 120 Å². The lowest BCUT2D eigenvalue weighted by molar-refractivity contribution is 0.00578. The summed E-state index contributed by atoms with van der Waals surface area (Å²) >= 11 is 6.07. The van der Waals surface area contributed by atoms with E-state index < -0.39 is 13.2 Å². The zero-order valence-corrected chi connectivity index (χ0v) is 12.8. The molecule has 1 aromatic carbocycles. The van der Waals surface area contributed by atoms with Crippen LogP contribution in [0.25, 0.3) is 0 Å². The molecule has 0 saturated carbocycles. The molecule has 1 atom stereocenters. The third-order valence-corrected chi connectivity index (χ3v) is 4.34. The highest BCUT2D eigenvalue weighted by Gasteiger charge is 2.51.